The lowest BCUT2D eigenvalue weighted by Gasteiger charge is -2.13. The van der Waals surface area contributed by atoms with Gasteiger partial charge in [0.1, 0.15) is 6.29 Å². The first-order valence-corrected chi connectivity index (χ1v) is 18.9. The van der Waals surface area contributed by atoms with Gasteiger partial charge in [-0.1, -0.05) is 97.1 Å². The van der Waals surface area contributed by atoms with Gasteiger partial charge in [0.2, 0.25) is 0 Å². The summed E-state index contributed by atoms with van der Waals surface area (Å²) in [6.07, 6.45) is 7.03. The van der Waals surface area contributed by atoms with Gasteiger partial charge in [-0.05, 0) is 99.6 Å². The van der Waals surface area contributed by atoms with Crippen LogP contribution in [0, 0.1) is 0 Å². The lowest BCUT2D eigenvalue weighted by molar-refractivity contribution is -0.135. The summed E-state index contributed by atoms with van der Waals surface area (Å²) < 4.78 is 9.07. The van der Waals surface area contributed by atoms with Gasteiger partial charge < -0.3 is 30.3 Å². The number of rotatable bonds is 12. The summed E-state index contributed by atoms with van der Waals surface area (Å²) in [5.74, 6) is -0.734. The number of nitrogen functional groups attached to an aromatic ring is 1. The summed E-state index contributed by atoms with van der Waals surface area (Å²) in [4.78, 5) is 36.7. The zero-order chi connectivity index (χ0) is 42.6. The van der Waals surface area contributed by atoms with Crippen molar-refractivity contribution in [2.24, 2.45) is 0 Å². The van der Waals surface area contributed by atoms with Crippen molar-refractivity contribution in [2.45, 2.75) is 6.54 Å². The third-order valence-corrected chi connectivity index (χ3v) is 8.95. The van der Waals surface area contributed by atoms with Gasteiger partial charge in [-0.25, -0.2) is 9.59 Å². The molecule has 0 spiro atoms. The number of nitrogens with one attached hydrogen (secondary N) is 1. The summed E-state index contributed by atoms with van der Waals surface area (Å²) >= 11 is 0. The van der Waals surface area contributed by atoms with Crippen molar-refractivity contribution in [3.63, 3.8) is 0 Å². The van der Waals surface area contributed by atoms with Gasteiger partial charge in [0.05, 0.1) is 14.2 Å². The van der Waals surface area contributed by atoms with Gasteiger partial charge in [-0.3, -0.25) is 4.79 Å². The predicted octanol–water partition coefficient (Wildman–Crippen LogP) is 9.90. The molecule has 0 amide bonds. The van der Waals surface area contributed by atoms with E-state index in [4.69, 9.17) is 5.73 Å². The molecule has 0 saturated carbocycles. The van der Waals surface area contributed by atoms with E-state index in [0.717, 1.165) is 40.8 Å². The molecule has 0 bridgehead atoms. The fourth-order valence-electron chi connectivity index (χ4n) is 5.56. The second-order valence-corrected chi connectivity index (χ2v) is 13.7. The van der Waals surface area contributed by atoms with Gasteiger partial charge in [0, 0.05) is 75.2 Å². The molecule has 6 aromatic rings. The number of anilines is 4. The van der Waals surface area contributed by atoms with E-state index >= 15 is 0 Å². The second kappa shape index (κ2) is 23.0. The molecule has 6 aromatic carbocycles. The van der Waals surface area contributed by atoms with Crippen LogP contribution in [0.25, 0.3) is 34.4 Å². The van der Waals surface area contributed by atoms with E-state index < -0.39 is 0 Å². The minimum atomic E-state index is -0.373. The summed E-state index contributed by atoms with van der Waals surface area (Å²) in [6.45, 7) is 0.726. The Morgan fingerprint density at radius 2 is 0.983 bits per heavy atom. The van der Waals surface area contributed by atoms with Crippen molar-refractivity contribution >= 4 is 53.1 Å². The molecule has 0 radical (unpaired) electrons. The Morgan fingerprint density at radius 1 is 0.559 bits per heavy atom. The summed E-state index contributed by atoms with van der Waals surface area (Å²) in [5.41, 5.74) is 18.0. The van der Waals surface area contributed by atoms with Gasteiger partial charge in [0.15, 0.2) is 0 Å². The maximum Gasteiger partial charge on any atom is 0.330 e. The van der Waals surface area contributed by atoms with Crippen LogP contribution < -0.4 is 20.9 Å². The molecule has 0 unspecified atom stereocenters. The van der Waals surface area contributed by atoms with E-state index in [1.54, 1.807) is 24.3 Å². The first-order chi connectivity index (χ1) is 28.5. The number of benzene rings is 6. The molecular formula is C50H52N4O5. The van der Waals surface area contributed by atoms with Crippen LogP contribution in [0.5, 0.6) is 0 Å². The highest BCUT2D eigenvalue weighted by Crippen LogP contribution is 2.24. The Kier molecular flexibility index (Phi) is 17.3. The molecule has 3 N–H and O–H groups in total. The minimum absolute atomic E-state index is 0.361. The SMILES string of the molecule is CN(C)c1ccc(-c2ccc(C=O)cc2)cc1.COC(=O)/C=C/c1cccc(N)c1.COC(=O)/C=C/c1cccc(NCc2ccc(-c3ccc(N(C)C)cc3)cc2)c1. The number of hydrogen-bond acceptors (Lipinski definition) is 9. The molecule has 9 heteroatoms. The first-order valence-electron chi connectivity index (χ1n) is 18.9. The summed E-state index contributed by atoms with van der Waals surface area (Å²) in [6, 6.07) is 48.3. The number of methoxy groups -OCH3 is 2. The predicted molar refractivity (Wildman–Crippen MR) is 245 cm³/mol. The number of carbonyl (C=O) groups is 3. The number of aldehydes is 1. The van der Waals surface area contributed by atoms with Gasteiger partial charge in [-0.2, -0.15) is 0 Å². The second-order valence-electron chi connectivity index (χ2n) is 13.7. The number of carbonyl (C=O) groups excluding carboxylic acids is 3. The minimum Gasteiger partial charge on any atom is -0.466 e. The Labute approximate surface area is 348 Å². The molecule has 6 rings (SSSR count). The zero-order valence-corrected chi connectivity index (χ0v) is 34.5. The molecule has 0 aromatic heterocycles. The molecule has 0 heterocycles. The van der Waals surface area contributed by atoms with Crippen molar-refractivity contribution in [3.8, 4) is 22.3 Å². The Bertz CT molecular complexity index is 2300. The van der Waals surface area contributed by atoms with E-state index in [1.165, 1.54) is 54.4 Å². The quantitative estimate of drug-likeness (QED) is 0.0542. The van der Waals surface area contributed by atoms with Crippen LogP contribution >= 0.6 is 0 Å². The lowest BCUT2D eigenvalue weighted by atomic mass is 10.0. The molecule has 0 aliphatic heterocycles. The van der Waals surface area contributed by atoms with Gasteiger partial charge in [-0.15, -0.1) is 0 Å². The van der Waals surface area contributed by atoms with E-state index in [-0.39, 0.29) is 11.9 Å². The average Bonchev–Trinajstić information content (AvgIpc) is 3.27. The van der Waals surface area contributed by atoms with E-state index in [9.17, 15) is 14.4 Å². The fraction of sp³-hybridized carbons (Fsp3) is 0.140. The molecule has 0 aliphatic rings. The van der Waals surface area contributed by atoms with Crippen molar-refractivity contribution < 1.29 is 23.9 Å². The van der Waals surface area contributed by atoms with Crippen LogP contribution in [0.1, 0.15) is 27.0 Å². The summed E-state index contributed by atoms with van der Waals surface area (Å²) in [5, 5.41) is 3.43. The normalized spacial score (nSPS) is 10.4. The molecule has 0 aliphatic carbocycles. The van der Waals surface area contributed by atoms with Crippen molar-refractivity contribution in [3.05, 3.63) is 180 Å². The standard InChI is InChI=1S/C25H26N2O2.C15H15NO.C10H11NO2/c1-27(2)24-14-12-22(13-15-24)21-10-7-20(8-11-21)18-26-23-6-4-5-19(17-23)9-16-25(28)29-3;1-16(2)15-9-7-14(8-10-15)13-5-3-12(11-17)4-6-13;1-13-10(12)6-5-8-3-2-4-9(11)7-8/h4-17,26H,18H2,1-3H3;3-11H,1-2H3;2-7H,11H2,1H3/b16-9+;;6-5+. The maximum atomic E-state index is 11.2. The third-order valence-electron chi connectivity index (χ3n) is 8.95. The summed E-state index contributed by atoms with van der Waals surface area (Å²) in [7, 11) is 10.8. The highest BCUT2D eigenvalue weighted by molar-refractivity contribution is 5.87. The van der Waals surface area contributed by atoms with Crippen LogP contribution in [-0.4, -0.2) is 60.6 Å². The molecule has 0 fully saturated rings. The molecule has 0 atom stereocenters. The average molecular weight is 789 g/mol. The Morgan fingerprint density at radius 3 is 1.41 bits per heavy atom. The highest BCUT2D eigenvalue weighted by Gasteiger charge is 2.03. The van der Waals surface area contributed by atoms with Crippen LogP contribution in [0.4, 0.5) is 22.7 Å². The Hall–Kier alpha value is -7.39. The smallest absolute Gasteiger partial charge is 0.330 e. The first kappa shape index (κ1) is 44.3. The largest absolute Gasteiger partial charge is 0.466 e. The molecule has 0 saturated heterocycles. The van der Waals surface area contributed by atoms with Crippen LogP contribution in [0.3, 0.4) is 0 Å². The van der Waals surface area contributed by atoms with Crippen LogP contribution in [0.15, 0.2) is 158 Å². The number of nitrogens with zero attached hydrogens (tertiary/aromatic N) is 2. The van der Waals surface area contributed by atoms with Crippen molar-refractivity contribution in [2.75, 3.05) is 63.3 Å². The molecule has 59 heavy (non-hydrogen) atoms. The fourth-order valence-corrected chi connectivity index (χ4v) is 5.56. The third kappa shape index (κ3) is 14.9. The molecule has 302 valence electrons. The highest BCUT2D eigenvalue weighted by atomic mass is 16.5. The topological polar surface area (TPSA) is 114 Å². The van der Waals surface area contributed by atoms with Crippen LogP contribution in [0.2, 0.25) is 0 Å². The molecule has 9 nitrogen and oxygen atoms in total. The number of ether oxygens (including phenoxy) is 2. The van der Waals surface area contributed by atoms with Crippen molar-refractivity contribution in [1.29, 1.82) is 0 Å². The maximum absolute atomic E-state index is 11.2. The number of nitrogens with two attached hydrogens (primary N) is 1. The van der Waals surface area contributed by atoms with E-state index in [1.807, 2.05) is 88.9 Å². The number of hydrogen-bond donors (Lipinski definition) is 2. The number of esters is 2. The van der Waals surface area contributed by atoms with Gasteiger partial charge >= 0.3 is 11.9 Å². The van der Waals surface area contributed by atoms with Gasteiger partial charge in [0.25, 0.3) is 0 Å². The molecular weight excluding hydrogens is 737 g/mol. The van der Waals surface area contributed by atoms with Crippen molar-refractivity contribution in [1.82, 2.24) is 0 Å². The van der Waals surface area contributed by atoms with E-state index in [2.05, 4.69) is 97.4 Å². The van der Waals surface area contributed by atoms with Crippen LogP contribution in [-0.2, 0) is 25.6 Å². The lowest BCUT2D eigenvalue weighted by Crippen LogP contribution is -2.07. The van der Waals surface area contributed by atoms with E-state index in [0.29, 0.717) is 11.3 Å². The monoisotopic (exact) mass is 788 g/mol. The Balaban J connectivity index is 0.000000216. The zero-order valence-electron chi connectivity index (χ0n) is 34.5.